The summed E-state index contributed by atoms with van der Waals surface area (Å²) in [5, 5.41) is 6.72. The third kappa shape index (κ3) is 4.60. The maximum absolute atomic E-state index is 5.62. The summed E-state index contributed by atoms with van der Waals surface area (Å²) in [6.07, 6.45) is 1.12. The molecule has 2 N–H and O–H groups in total. The van der Waals surface area contributed by atoms with Gasteiger partial charge < -0.3 is 20.1 Å². The van der Waals surface area contributed by atoms with Gasteiger partial charge in [0.15, 0.2) is 17.5 Å². The van der Waals surface area contributed by atoms with Gasteiger partial charge in [0.25, 0.3) is 0 Å². The van der Waals surface area contributed by atoms with Crippen LogP contribution in [-0.2, 0) is 6.42 Å². The molecule has 5 nitrogen and oxygen atoms in total. The van der Waals surface area contributed by atoms with Crippen LogP contribution in [0.15, 0.2) is 47.5 Å². The molecule has 0 aliphatic heterocycles. The topological polar surface area (TPSA) is 54.9 Å². The highest BCUT2D eigenvalue weighted by Crippen LogP contribution is 2.34. The summed E-state index contributed by atoms with van der Waals surface area (Å²) in [5.74, 6) is 2.74. The molecule has 1 aliphatic carbocycles. The molecular weight excluding hydrogens is 441 g/mol. The Kier molecular flexibility index (Phi) is 7.56. The number of fused-ring (bicyclic) bond motifs is 1. The van der Waals surface area contributed by atoms with Crippen molar-refractivity contribution >= 4 is 35.6 Å². The first-order valence-electron chi connectivity index (χ1n) is 8.61. The van der Waals surface area contributed by atoms with E-state index in [9.17, 15) is 0 Å². The molecule has 0 radical (unpaired) electrons. The number of anilines is 1. The summed E-state index contributed by atoms with van der Waals surface area (Å²) in [4.78, 5) is 4.31. The average molecular weight is 467 g/mol. The van der Waals surface area contributed by atoms with Gasteiger partial charge >= 0.3 is 0 Å². The summed E-state index contributed by atoms with van der Waals surface area (Å²) in [6.45, 7) is 3.41. The van der Waals surface area contributed by atoms with Crippen LogP contribution in [0, 0.1) is 0 Å². The third-order valence-corrected chi connectivity index (χ3v) is 4.43. The van der Waals surface area contributed by atoms with E-state index in [-0.39, 0.29) is 24.0 Å². The van der Waals surface area contributed by atoms with Gasteiger partial charge in [-0.3, -0.25) is 4.99 Å². The fraction of sp³-hybridized carbons (Fsp3) is 0.350. The lowest BCUT2D eigenvalue weighted by Gasteiger charge is -2.30. The standard InChI is InChI=1S/C20H25N3O2.HI/c1-4-25-19-12-16(9-10-18(19)24-3)23-20(21-2)22-13-15-11-14-7-5-6-8-17(14)15;/h5-10,12,15H,4,11,13H2,1-3H3,(H2,21,22,23);1H. The number of hydrogen-bond donors (Lipinski definition) is 2. The van der Waals surface area contributed by atoms with E-state index >= 15 is 0 Å². The Morgan fingerprint density at radius 1 is 1.19 bits per heavy atom. The molecule has 6 heteroatoms. The lowest BCUT2D eigenvalue weighted by Crippen LogP contribution is -2.37. The van der Waals surface area contributed by atoms with E-state index in [0.717, 1.165) is 36.1 Å². The van der Waals surface area contributed by atoms with Crippen LogP contribution in [0.5, 0.6) is 11.5 Å². The number of rotatable bonds is 6. The van der Waals surface area contributed by atoms with Crippen molar-refractivity contribution in [2.24, 2.45) is 4.99 Å². The van der Waals surface area contributed by atoms with Gasteiger partial charge in [-0.15, -0.1) is 24.0 Å². The Morgan fingerprint density at radius 2 is 2.00 bits per heavy atom. The predicted molar refractivity (Wildman–Crippen MR) is 117 cm³/mol. The second kappa shape index (κ2) is 9.66. The fourth-order valence-electron chi connectivity index (χ4n) is 3.10. The zero-order chi connectivity index (χ0) is 17.6. The van der Waals surface area contributed by atoms with Crippen LogP contribution >= 0.6 is 24.0 Å². The van der Waals surface area contributed by atoms with Crippen molar-refractivity contribution in [2.75, 3.05) is 32.6 Å². The molecule has 0 aromatic heterocycles. The number of hydrogen-bond acceptors (Lipinski definition) is 3. The van der Waals surface area contributed by atoms with Crippen LogP contribution in [0.4, 0.5) is 5.69 Å². The van der Waals surface area contributed by atoms with Crippen molar-refractivity contribution in [2.45, 2.75) is 19.3 Å². The fourth-order valence-corrected chi connectivity index (χ4v) is 3.10. The van der Waals surface area contributed by atoms with Gasteiger partial charge in [0, 0.05) is 31.3 Å². The number of ether oxygens (including phenoxy) is 2. The number of benzene rings is 2. The third-order valence-electron chi connectivity index (χ3n) is 4.43. The Bertz CT molecular complexity index is 764. The van der Waals surface area contributed by atoms with Crippen LogP contribution in [0.1, 0.15) is 24.0 Å². The first-order chi connectivity index (χ1) is 12.2. The van der Waals surface area contributed by atoms with Crippen molar-refractivity contribution in [3.05, 3.63) is 53.6 Å². The summed E-state index contributed by atoms with van der Waals surface area (Å²) in [5.41, 5.74) is 3.80. The zero-order valence-corrected chi connectivity index (χ0v) is 17.7. The van der Waals surface area contributed by atoms with Gasteiger partial charge in [0.2, 0.25) is 0 Å². The predicted octanol–water partition coefficient (Wildman–Crippen LogP) is 4.04. The molecule has 0 saturated carbocycles. The molecule has 0 bridgehead atoms. The van der Waals surface area contributed by atoms with Crippen molar-refractivity contribution in [3.8, 4) is 11.5 Å². The van der Waals surface area contributed by atoms with Crippen LogP contribution < -0.4 is 20.1 Å². The minimum absolute atomic E-state index is 0. The minimum atomic E-state index is 0. The smallest absolute Gasteiger partial charge is 0.195 e. The number of methoxy groups -OCH3 is 1. The number of guanidine groups is 1. The quantitative estimate of drug-likeness (QED) is 0.383. The van der Waals surface area contributed by atoms with E-state index in [2.05, 4.69) is 39.9 Å². The van der Waals surface area contributed by atoms with E-state index in [1.54, 1.807) is 14.2 Å². The molecule has 1 aliphatic rings. The van der Waals surface area contributed by atoms with Crippen LogP contribution in [0.3, 0.4) is 0 Å². The van der Waals surface area contributed by atoms with Crippen molar-refractivity contribution in [1.29, 1.82) is 0 Å². The Labute approximate surface area is 172 Å². The van der Waals surface area contributed by atoms with Gasteiger partial charge in [-0.1, -0.05) is 24.3 Å². The van der Waals surface area contributed by atoms with Crippen molar-refractivity contribution < 1.29 is 9.47 Å². The molecule has 1 atom stereocenters. The lowest BCUT2D eigenvalue weighted by molar-refractivity contribution is 0.311. The number of nitrogens with zero attached hydrogens (tertiary/aromatic N) is 1. The highest BCUT2D eigenvalue weighted by Gasteiger charge is 2.25. The Hall–Kier alpha value is -1.96. The van der Waals surface area contributed by atoms with Crippen molar-refractivity contribution in [3.63, 3.8) is 0 Å². The van der Waals surface area contributed by atoms with E-state index in [1.165, 1.54) is 11.1 Å². The van der Waals surface area contributed by atoms with E-state index in [0.29, 0.717) is 12.5 Å². The molecule has 0 heterocycles. The van der Waals surface area contributed by atoms with E-state index in [4.69, 9.17) is 9.47 Å². The highest BCUT2D eigenvalue weighted by molar-refractivity contribution is 14.0. The lowest BCUT2D eigenvalue weighted by atomic mass is 9.78. The molecule has 0 saturated heterocycles. The highest BCUT2D eigenvalue weighted by atomic mass is 127. The molecule has 3 rings (SSSR count). The van der Waals surface area contributed by atoms with Gasteiger partial charge in [-0.05, 0) is 36.6 Å². The summed E-state index contributed by atoms with van der Waals surface area (Å²) < 4.78 is 10.9. The van der Waals surface area contributed by atoms with Crippen LogP contribution in [-0.4, -0.2) is 33.3 Å². The molecular formula is C20H26IN3O2. The van der Waals surface area contributed by atoms with Crippen molar-refractivity contribution in [1.82, 2.24) is 5.32 Å². The van der Waals surface area contributed by atoms with Gasteiger partial charge in [-0.25, -0.2) is 0 Å². The Balaban J connectivity index is 0.00000243. The van der Waals surface area contributed by atoms with E-state index in [1.807, 2.05) is 25.1 Å². The molecule has 140 valence electrons. The Morgan fingerprint density at radius 3 is 2.69 bits per heavy atom. The maximum atomic E-state index is 5.62. The van der Waals surface area contributed by atoms with Crippen LogP contribution in [0.25, 0.3) is 0 Å². The number of aliphatic imine (C=N–C) groups is 1. The molecule has 2 aromatic rings. The molecule has 1 unspecified atom stereocenters. The minimum Gasteiger partial charge on any atom is -0.493 e. The van der Waals surface area contributed by atoms with Crippen LogP contribution in [0.2, 0.25) is 0 Å². The molecule has 26 heavy (non-hydrogen) atoms. The monoisotopic (exact) mass is 467 g/mol. The SMILES string of the molecule is CCOc1cc(NC(=NC)NCC2Cc3ccccc32)ccc1OC.I. The largest absolute Gasteiger partial charge is 0.493 e. The normalized spacial score (nSPS) is 15.2. The number of halogens is 1. The molecule has 0 spiro atoms. The second-order valence-electron chi connectivity index (χ2n) is 5.98. The summed E-state index contributed by atoms with van der Waals surface area (Å²) >= 11 is 0. The molecule has 0 fully saturated rings. The molecule has 2 aromatic carbocycles. The summed E-state index contributed by atoms with van der Waals surface area (Å²) in [7, 11) is 3.42. The van der Waals surface area contributed by atoms with Gasteiger partial charge in [-0.2, -0.15) is 0 Å². The average Bonchev–Trinajstić information content (AvgIpc) is 2.62. The molecule has 0 amide bonds. The zero-order valence-electron chi connectivity index (χ0n) is 15.4. The number of nitrogens with one attached hydrogen (secondary N) is 2. The second-order valence-corrected chi connectivity index (χ2v) is 5.98. The van der Waals surface area contributed by atoms with Gasteiger partial charge in [0.05, 0.1) is 13.7 Å². The first-order valence-corrected chi connectivity index (χ1v) is 8.61. The van der Waals surface area contributed by atoms with Gasteiger partial charge in [0.1, 0.15) is 0 Å². The summed E-state index contributed by atoms with van der Waals surface area (Å²) in [6, 6.07) is 14.4. The first kappa shape index (κ1) is 20.4. The van der Waals surface area contributed by atoms with E-state index < -0.39 is 0 Å². The maximum Gasteiger partial charge on any atom is 0.195 e.